The molecule has 1 amide bonds. The highest BCUT2D eigenvalue weighted by Gasteiger charge is 2.14. The molecule has 0 fully saturated rings. The van der Waals surface area contributed by atoms with Crippen LogP contribution in [-0.2, 0) is 0 Å². The molecule has 21 heavy (non-hydrogen) atoms. The summed E-state index contributed by atoms with van der Waals surface area (Å²) in [4.78, 5) is 19.8. The Balaban J connectivity index is 2.42. The first-order valence-corrected chi connectivity index (χ1v) is 6.34. The van der Waals surface area contributed by atoms with Crippen molar-refractivity contribution in [3.05, 3.63) is 36.2 Å². The molecule has 2 rings (SSSR count). The van der Waals surface area contributed by atoms with Crippen molar-refractivity contribution in [1.29, 1.82) is 0 Å². The smallest absolute Gasteiger partial charge is 0.285 e. The predicted molar refractivity (Wildman–Crippen MR) is 76.8 cm³/mol. The molecule has 0 unspecified atom stereocenters. The third-order valence-electron chi connectivity index (χ3n) is 2.73. The van der Waals surface area contributed by atoms with Crippen LogP contribution in [0, 0.1) is 0 Å². The molecule has 7 nitrogen and oxygen atoms in total. The SMILES string of the molecule is CCOc1ccc(-c2nc(C(=O)NN)cnc2OC)cc1. The molecule has 0 aliphatic carbocycles. The van der Waals surface area contributed by atoms with E-state index in [1.807, 2.05) is 36.6 Å². The lowest BCUT2D eigenvalue weighted by Crippen LogP contribution is -2.31. The number of aromatic nitrogens is 2. The molecule has 3 N–H and O–H groups in total. The molecule has 0 radical (unpaired) electrons. The minimum Gasteiger partial charge on any atom is -0.494 e. The molecule has 0 aliphatic rings. The number of methoxy groups -OCH3 is 1. The molecule has 1 heterocycles. The Bertz CT molecular complexity index is 629. The number of nitrogens with two attached hydrogens (primary N) is 1. The average Bonchev–Trinajstić information content (AvgIpc) is 2.54. The van der Waals surface area contributed by atoms with E-state index in [2.05, 4.69) is 9.97 Å². The molecular formula is C14H16N4O3. The van der Waals surface area contributed by atoms with Crippen LogP contribution >= 0.6 is 0 Å². The zero-order valence-corrected chi connectivity index (χ0v) is 11.8. The summed E-state index contributed by atoms with van der Waals surface area (Å²) in [5.74, 6) is 5.67. The fourth-order valence-electron chi connectivity index (χ4n) is 1.77. The molecule has 0 saturated carbocycles. The van der Waals surface area contributed by atoms with Crippen molar-refractivity contribution >= 4 is 5.91 Å². The maximum absolute atomic E-state index is 11.5. The van der Waals surface area contributed by atoms with Crippen LogP contribution in [0.15, 0.2) is 30.5 Å². The lowest BCUT2D eigenvalue weighted by Gasteiger charge is -2.09. The Kier molecular flexibility index (Phi) is 4.68. The molecule has 1 aromatic heterocycles. The maximum atomic E-state index is 11.5. The number of nitrogens with one attached hydrogen (secondary N) is 1. The highest BCUT2D eigenvalue weighted by molar-refractivity contribution is 5.92. The highest BCUT2D eigenvalue weighted by atomic mass is 16.5. The van der Waals surface area contributed by atoms with Crippen LogP contribution in [0.2, 0.25) is 0 Å². The third kappa shape index (κ3) is 3.26. The van der Waals surface area contributed by atoms with Gasteiger partial charge in [-0.05, 0) is 31.2 Å². The molecule has 7 heteroatoms. The van der Waals surface area contributed by atoms with Gasteiger partial charge in [0.25, 0.3) is 5.91 Å². The molecule has 1 aromatic carbocycles. The van der Waals surface area contributed by atoms with E-state index in [0.717, 1.165) is 11.3 Å². The second-order valence-electron chi connectivity index (χ2n) is 4.04. The summed E-state index contributed by atoms with van der Waals surface area (Å²) in [5, 5.41) is 0. The number of hydrogen-bond donors (Lipinski definition) is 2. The predicted octanol–water partition coefficient (Wildman–Crippen LogP) is 1.15. The van der Waals surface area contributed by atoms with Crippen molar-refractivity contribution in [1.82, 2.24) is 15.4 Å². The van der Waals surface area contributed by atoms with Gasteiger partial charge >= 0.3 is 0 Å². The number of ether oxygens (including phenoxy) is 2. The average molecular weight is 288 g/mol. The molecule has 0 aliphatic heterocycles. The number of hydrazine groups is 1. The van der Waals surface area contributed by atoms with Crippen LogP contribution in [0.4, 0.5) is 0 Å². The first-order chi connectivity index (χ1) is 10.2. The van der Waals surface area contributed by atoms with Gasteiger partial charge in [0.15, 0.2) is 0 Å². The van der Waals surface area contributed by atoms with E-state index in [1.54, 1.807) is 0 Å². The summed E-state index contributed by atoms with van der Waals surface area (Å²) >= 11 is 0. The zero-order chi connectivity index (χ0) is 15.2. The number of amides is 1. The lowest BCUT2D eigenvalue weighted by atomic mass is 10.1. The lowest BCUT2D eigenvalue weighted by molar-refractivity contribution is 0.0948. The monoisotopic (exact) mass is 288 g/mol. The quantitative estimate of drug-likeness (QED) is 0.486. The van der Waals surface area contributed by atoms with E-state index in [0.29, 0.717) is 18.2 Å². The van der Waals surface area contributed by atoms with Gasteiger partial charge in [0.05, 0.1) is 19.9 Å². The summed E-state index contributed by atoms with van der Waals surface area (Å²) in [6.45, 7) is 2.51. The second kappa shape index (κ2) is 6.67. The Hall–Kier alpha value is -2.67. The van der Waals surface area contributed by atoms with Crippen LogP contribution < -0.4 is 20.7 Å². The minimum absolute atomic E-state index is 0.113. The molecular weight excluding hydrogens is 272 g/mol. The number of benzene rings is 1. The Morgan fingerprint density at radius 3 is 2.62 bits per heavy atom. The van der Waals surface area contributed by atoms with Crippen molar-refractivity contribution in [2.45, 2.75) is 6.92 Å². The van der Waals surface area contributed by atoms with Crippen molar-refractivity contribution in [2.24, 2.45) is 5.84 Å². The Morgan fingerprint density at radius 1 is 1.33 bits per heavy atom. The Labute approximate surface area is 122 Å². The van der Waals surface area contributed by atoms with Gasteiger partial charge < -0.3 is 9.47 Å². The molecule has 0 atom stereocenters. The second-order valence-corrected chi connectivity index (χ2v) is 4.04. The first kappa shape index (κ1) is 14.7. The van der Waals surface area contributed by atoms with E-state index in [1.165, 1.54) is 13.3 Å². The first-order valence-electron chi connectivity index (χ1n) is 6.34. The van der Waals surface area contributed by atoms with Crippen molar-refractivity contribution < 1.29 is 14.3 Å². The summed E-state index contributed by atoms with van der Waals surface area (Å²) in [6.07, 6.45) is 1.30. The van der Waals surface area contributed by atoms with Gasteiger partial charge in [-0.1, -0.05) is 0 Å². The topological polar surface area (TPSA) is 99.4 Å². The van der Waals surface area contributed by atoms with Crippen LogP contribution in [0.5, 0.6) is 11.6 Å². The van der Waals surface area contributed by atoms with Crippen LogP contribution in [0.25, 0.3) is 11.3 Å². The number of hydrogen-bond acceptors (Lipinski definition) is 6. The fourth-order valence-corrected chi connectivity index (χ4v) is 1.77. The highest BCUT2D eigenvalue weighted by Crippen LogP contribution is 2.27. The van der Waals surface area contributed by atoms with Gasteiger partial charge in [-0.15, -0.1) is 0 Å². The van der Waals surface area contributed by atoms with Gasteiger partial charge in [0, 0.05) is 5.56 Å². The number of carbonyl (C=O) groups is 1. The molecule has 0 bridgehead atoms. The standard InChI is InChI=1S/C14H16N4O3/c1-3-21-10-6-4-9(5-7-10)12-14(20-2)16-8-11(17-12)13(19)18-15/h4-8H,3,15H2,1-2H3,(H,18,19). The molecule has 2 aromatic rings. The minimum atomic E-state index is -0.516. The van der Waals surface area contributed by atoms with E-state index >= 15 is 0 Å². The summed E-state index contributed by atoms with van der Waals surface area (Å²) in [5.41, 5.74) is 3.35. The number of nitrogens with zero attached hydrogens (tertiary/aromatic N) is 2. The Morgan fingerprint density at radius 2 is 2.05 bits per heavy atom. The molecule has 0 spiro atoms. The van der Waals surface area contributed by atoms with Gasteiger partial charge in [-0.2, -0.15) is 0 Å². The number of carbonyl (C=O) groups excluding carboxylic acids is 1. The van der Waals surface area contributed by atoms with E-state index in [4.69, 9.17) is 15.3 Å². The van der Waals surface area contributed by atoms with Crippen molar-refractivity contribution in [3.8, 4) is 22.9 Å². The van der Waals surface area contributed by atoms with Crippen LogP contribution in [0.1, 0.15) is 17.4 Å². The zero-order valence-electron chi connectivity index (χ0n) is 11.8. The summed E-state index contributed by atoms with van der Waals surface area (Å²) in [7, 11) is 1.49. The molecule has 110 valence electrons. The van der Waals surface area contributed by atoms with Gasteiger partial charge in [-0.25, -0.2) is 15.8 Å². The van der Waals surface area contributed by atoms with Crippen molar-refractivity contribution in [3.63, 3.8) is 0 Å². The van der Waals surface area contributed by atoms with Crippen molar-refractivity contribution in [2.75, 3.05) is 13.7 Å². The number of nitrogen functional groups attached to an aromatic ring is 1. The third-order valence-corrected chi connectivity index (χ3v) is 2.73. The summed E-state index contributed by atoms with van der Waals surface area (Å²) < 4.78 is 10.6. The van der Waals surface area contributed by atoms with E-state index in [-0.39, 0.29) is 5.69 Å². The fraction of sp³-hybridized carbons (Fsp3) is 0.214. The van der Waals surface area contributed by atoms with Gasteiger partial charge in [0.1, 0.15) is 17.1 Å². The van der Waals surface area contributed by atoms with E-state index < -0.39 is 5.91 Å². The largest absolute Gasteiger partial charge is 0.494 e. The van der Waals surface area contributed by atoms with Gasteiger partial charge in [-0.3, -0.25) is 10.2 Å². The summed E-state index contributed by atoms with van der Waals surface area (Å²) in [6, 6.07) is 7.27. The number of rotatable bonds is 5. The van der Waals surface area contributed by atoms with E-state index in [9.17, 15) is 4.79 Å². The van der Waals surface area contributed by atoms with Gasteiger partial charge in [0.2, 0.25) is 5.88 Å². The maximum Gasteiger partial charge on any atom is 0.285 e. The van der Waals surface area contributed by atoms with Crippen LogP contribution in [-0.4, -0.2) is 29.6 Å². The molecule has 0 saturated heterocycles. The van der Waals surface area contributed by atoms with Crippen LogP contribution in [0.3, 0.4) is 0 Å². The normalized spacial score (nSPS) is 10.0.